The summed E-state index contributed by atoms with van der Waals surface area (Å²) in [5.74, 6) is -0.463. The highest BCUT2D eigenvalue weighted by Gasteiger charge is 2.43. The molecule has 1 heterocycles. The van der Waals surface area contributed by atoms with Gasteiger partial charge in [-0.3, -0.25) is 14.7 Å². The number of nitrogens with zero attached hydrogens (tertiary/aromatic N) is 2. The third-order valence-electron chi connectivity index (χ3n) is 3.68. The molecule has 92 valence electrons. The molecule has 3 nitrogen and oxygen atoms in total. The standard InChI is InChI=1S/C13H17FN2O/c1-16(2)13(5-3-4-6-13)12(17)10-7-11(14)9-15-8-10/h7-9H,3-6H2,1-2H3. The minimum atomic E-state index is -0.463. The van der Waals surface area contributed by atoms with Crippen molar-refractivity contribution in [3.05, 3.63) is 29.8 Å². The van der Waals surface area contributed by atoms with Crippen LogP contribution in [-0.2, 0) is 0 Å². The fourth-order valence-electron chi connectivity index (χ4n) is 2.64. The molecule has 0 saturated heterocycles. The van der Waals surface area contributed by atoms with Gasteiger partial charge in [0.2, 0.25) is 0 Å². The molecule has 1 aromatic rings. The van der Waals surface area contributed by atoms with Crippen LogP contribution in [0.4, 0.5) is 4.39 Å². The van der Waals surface area contributed by atoms with Crippen molar-refractivity contribution in [3.63, 3.8) is 0 Å². The van der Waals surface area contributed by atoms with Crippen LogP contribution in [0, 0.1) is 5.82 Å². The van der Waals surface area contributed by atoms with Gasteiger partial charge >= 0.3 is 0 Å². The summed E-state index contributed by atoms with van der Waals surface area (Å²) in [6.07, 6.45) is 6.35. The van der Waals surface area contributed by atoms with E-state index in [1.54, 1.807) is 0 Å². The van der Waals surface area contributed by atoms with E-state index in [1.165, 1.54) is 12.3 Å². The van der Waals surface area contributed by atoms with Crippen LogP contribution in [-0.4, -0.2) is 35.3 Å². The Morgan fingerprint density at radius 1 is 1.35 bits per heavy atom. The van der Waals surface area contributed by atoms with Crippen molar-refractivity contribution < 1.29 is 9.18 Å². The van der Waals surface area contributed by atoms with Gasteiger partial charge in [0.05, 0.1) is 11.7 Å². The molecule has 0 amide bonds. The van der Waals surface area contributed by atoms with E-state index < -0.39 is 11.4 Å². The number of pyridine rings is 1. The van der Waals surface area contributed by atoms with Gasteiger partial charge in [0.15, 0.2) is 5.78 Å². The molecule has 0 unspecified atom stereocenters. The van der Waals surface area contributed by atoms with E-state index in [4.69, 9.17) is 0 Å². The largest absolute Gasteiger partial charge is 0.297 e. The van der Waals surface area contributed by atoms with Crippen molar-refractivity contribution in [1.29, 1.82) is 0 Å². The lowest BCUT2D eigenvalue weighted by atomic mass is 9.87. The number of hydrogen-bond acceptors (Lipinski definition) is 3. The molecule has 1 fully saturated rings. The molecule has 17 heavy (non-hydrogen) atoms. The summed E-state index contributed by atoms with van der Waals surface area (Å²) >= 11 is 0. The topological polar surface area (TPSA) is 33.2 Å². The van der Waals surface area contributed by atoms with Crippen LogP contribution in [0.3, 0.4) is 0 Å². The number of aromatic nitrogens is 1. The van der Waals surface area contributed by atoms with Crippen molar-refractivity contribution in [1.82, 2.24) is 9.88 Å². The zero-order chi connectivity index (χ0) is 12.5. The minimum Gasteiger partial charge on any atom is -0.297 e. The van der Waals surface area contributed by atoms with Crippen molar-refractivity contribution in [2.45, 2.75) is 31.2 Å². The van der Waals surface area contributed by atoms with Gasteiger partial charge in [-0.05, 0) is 33.0 Å². The molecule has 1 saturated carbocycles. The summed E-state index contributed by atoms with van der Waals surface area (Å²) in [5.41, 5.74) is -0.0873. The first kappa shape index (κ1) is 12.2. The van der Waals surface area contributed by atoms with Gasteiger partial charge in [0, 0.05) is 11.8 Å². The third-order valence-corrected chi connectivity index (χ3v) is 3.68. The fraction of sp³-hybridized carbons (Fsp3) is 0.538. The van der Waals surface area contributed by atoms with Crippen LogP contribution in [0.15, 0.2) is 18.5 Å². The van der Waals surface area contributed by atoms with Crippen LogP contribution >= 0.6 is 0 Å². The molecule has 1 aromatic heterocycles. The quantitative estimate of drug-likeness (QED) is 0.755. The van der Waals surface area contributed by atoms with Crippen molar-refractivity contribution >= 4 is 5.78 Å². The van der Waals surface area contributed by atoms with E-state index in [0.717, 1.165) is 31.9 Å². The Balaban J connectivity index is 2.35. The van der Waals surface area contributed by atoms with Crippen molar-refractivity contribution in [2.24, 2.45) is 0 Å². The lowest BCUT2D eigenvalue weighted by Gasteiger charge is -2.34. The Hall–Kier alpha value is -1.29. The predicted molar refractivity (Wildman–Crippen MR) is 63.4 cm³/mol. The number of ketones is 1. The molecule has 0 atom stereocenters. The molecule has 0 aromatic carbocycles. The van der Waals surface area contributed by atoms with E-state index >= 15 is 0 Å². The summed E-state index contributed by atoms with van der Waals surface area (Å²) in [7, 11) is 3.83. The molecule has 0 radical (unpaired) electrons. The van der Waals surface area contributed by atoms with E-state index in [1.807, 2.05) is 19.0 Å². The Bertz CT molecular complexity index is 425. The van der Waals surface area contributed by atoms with Crippen LogP contribution in [0.1, 0.15) is 36.0 Å². The third kappa shape index (κ3) is 2.09. The van der Waals surface area contributed by atoms with E-state index in [-0.39, 0.29) is 5.78 Å². The highest BCUT2D eigenvalue weighted by molar-refractivity contribution is 6.03. The van der Waals surface area contributed by atoms with Gasteiger partial charge in [0.25, 0.3) is 0 Å². The second-order valence-electron chi connectivity index (χ2n) is 4.85. The summed E-state index contributed by atoms with van der Waals surface area (Å²) in [5, 5.41) is 0. The normalized spacial score (nSPS) is 18.6. The molecule has 4 heteroatoms. The Morgan fingerprint density at radius 3 is 2.53 bits per heavy atom. The minimum absolute atomic E-state index is 0.00741. The maximum Gasteiger partial charge on any atom is 0.184 e. The molecule has 0 aliphatic heterocycles. The molecular weight excluding hydrogens is 219 g/mol. The average molecular weight is 236 g/mol. The zero-order valence-corrected chi connectivity index (χ0v) is 10.2. The van der Waals surface area contributed by atoms with Gasteiger partial charge in [-0.15, -0.1) is 0 Å². The second-order valence-corrected chi connectivity index (χ2v) is 4.85. The summed E-state index contributed by atoms with van der Waals surface area (Å²) < 4.78 is 13.1. The number of carbonyl (C=O) groups is 1. The lowest BCUT2D eigenvalue weighted by Crippen LogP contribution is -2.48. The highest BCUT2D eigenvalue weighted by Crippen LogP contribution is 2.36. The van der Waals surface area contributed by atoms with Crippen LogP contribution in [0.5, 0.6) is 0 Å². The Labute approximate surface area is 101 Å². The average Bonchev–Trinajstić information content (AvgIpc) is 2.78. The number of likely N-dealkylation sites (N-methyl/N-ethyl adjacent to an activating group) is 1. The first-order valence-electron chi connectivity index (χ1n) is 5.89. The van der Waals surface area contributed by atoms with E-state index in [0.29, 0.717) is 5.56 Å². The molecule has 0 bridgehead atoms. The first-order valence-corrected chi connectivity index (χ1v) is 5.89. The van der Waals surface area contributed by atoms with Crippen molar-refractivity contribution in [2.75, 3.05) is 14.1 Å². The monoisotopic (exact) mass is 236 g/mol. The second kappa shape index (κ2) is 4.53. The van der Waals surface area contributed by atoms with Crippen molar-refractivity contribution in [3.8, 4) is 0 Å². The van der Waals surface area contributed by atoms with E-state index in [9.17, 15) is 9.18 Å². The molecule has 0 spiro atoms. The van der Waals surface area contributed by atoms with Crippen LogP contribution in [0.2, 0.25) is 0 Å². The smallest absolute Gasteiger partial charge is 0.184 e. The summed E-state index contributed by atoms with van der Waals surface area (Å²) in [4.78, 5) is 18.2. The molecule has 2 rings (SSSR count). The van der Waals surface area contributed by atoms with Crippen LogP contribution in [0.25, 0.3) is 0 Å². The molecular formula is C13H17FN2O. The molecule has 0 N–H and O–H groups in total. The summed E-state index contributed by atoms with van der Waals surface area (Å²) in [6.45, 7) is 0. The van der Waals surface area contributed by atoms with Gasteiger partial charge < -0.3 is 0 Å². The number of carbonyl (C=O) groups excluding carboxylic acids is 1. The van der Waals surface area contributed by atoms with Gasteiger partial charge in [-0.1, -0.05) is 12.8 Å². The van der Waals surface area contributed by atoms with Crippen LogP contribution < -0.4 is 0 Å². The number of Topliss-reactive ketones (excluding diaryl/α,β-unsaturated/α-hetero) is 1. The zero-order valence-electron chi connectivity index (χ0n) is 10.2. The van der Waals surface area contributed by atoms with Gasteiger partial charge in [0.1, 0.15) is 5.82 Å². The molecule has 1 aliphatic carbocycles. The maximum absolute atomic E-state index is 13.1. The highest BCUT2D eigenvalue weighted by atomic mass is 19.1. The predicted octanol–water partition coefficient (Wildman–Crippen LogP) is 2.28. The number of rotatable bonds is 3. The number of hydrogen-bond donors (Lipinski definition) is 0. The van der Waals surface area contributed by atoms with Gasteiger partial charge in [-0.2, -0.15) is 0 Å². The maximum atomic E-state index is 13.1. The molecule has 1 aliphatic rings. The summed E-state index contributed by atoms with van der Waals surface area (Å²) in [6, 6.07) is 1.28. The number of halogens is 1. The fourth-order valence-corrected chi connectivity index (χ4v) is 2.64. The van der Waals surface area contributed by atoms with E-state index in [2.05, 4.69) is 4.98 Å². The SMILES string of the molecule is CN(C)C1(C(=O)c2cncc(F)c2)CCCC1. The first-order chi connectivity index (χ1) is 8.06. The Kier molecular flexibility index (Phi) is 3.24. The lowest BCUT2D eigenvalue weighted by molar-refractivity contribution is 0.0692. The van der Waals surface area contributed by atoms with Gasteiger partial charge in [-0.25, -0.2) is 4.39 Å². The Morgan fingerprint density at radius 2 is 2.00 bits per heavy atom.